The molecule has 0 atom stereocenters. The van der Waals surface area contributed by atoms with Crippen LogP contribution in [0.25, 0.3) is 11.0 Å². The van der Waals surface area contributed by atoms with E-state index in [-0.39, 0.29) is 5.91 Å². The fourth-order valence-electron chi connectivity index (χ4n) is 3.48. The molecule has 4 aromatic rings. The Hall–Kier alpha value is -3.80. The van der Waals surface area contributed by atoms with E-state index in [4.69, 9.17) is 15.5 Å². The van der Waals surface area contributed by atoms with Crippen molar-refractivity contribution >= 4 is 22.6 Å². The fraction of sp³-hybridized carbons (Fsp3) is 0.200. The second-order valence-electron chi connectivity index (χ2n) is 7.46. The summed E-state index contributed by atoms with van der Waals surface area (Å²) in [4.78, 5) is 17.1. The topological polar surface area (TPSA) is 82.2 Å². The smallest absolute Gasteiger partial charge is 0.251 e. The van der Waals surface area contributed by atoms with E-state index in [2.05, 4.69) is 22.9 Å². The summed E-state index contributed by atoms with van der Waals surface area (Å²) in [6.45, 7) is 3.76. The minimum Gasteiger partial charge on any atom is -0.492 e. The van der Waals surface area contributed by atoms with Gasteiger partial charge in [-0.15, -0.1) is 0 Å². The Bertz CT molecular complexity index is 1160. The number of hydrogen-bond donors (Lipinski definition) is 2. The molecule has 1 aromatic heterocycles. The van der Waals surface area contributed by atoms with Crippen molar-refractivity contribution in [2.75, 3.05) is 18.9 Å². The van der Waals surface area contributed by atoms with Gasteiger partial charge in [0, 0.05) is 24.2 Å². The van der Waals surface area contributed by atoms with Crippen LogP contribution in [0.4, 0.5) is 5.69 Å². The first-order chi connectivity index (χ1) is 15.1. The SMILES string of the molecule is Cc1ccc(OCCn2c(CCNC(=O)c3ccc(N)cc3)nc3ccccc32)cc1. The predicted octanol–water partition coefficient (Wildman–Crippen LogP) is 3.98. The van der Waals surface area contributed by atoms with Crippen molar-refractivity contribution in [2.24, 2.45) is 0 Å². The first-order valence-corrected chi connectivity index (χ1v) is 10.4. The number of carbonyl (C=O) groups is 1. The van der Waals surface area contributed by atoms with Crippen LogP contribution in [-0.2, 0) is 13.0 Å². The monoisotopic (exact) mass is 414 g/mol. The molecule has 1 amide bonds. The third-order valence-electron chi connectivity index (χ3n) is 5.15. The van der Waals surface area contributed by atoms with Gasteiger partial charge in [-0.2, -0.15) is 0 Å². The highest BCUT2D eigenvalue weighted by Crippen LogP contribution is 2.17. The average Bonchev–Trinajstić information content (AvgIpc) is 3.13. The Balaban J connectivity index is 1.41. The fourth-order valence-corrected chi connectivity index (χ4v) is 3.48. The van der Waals surface area contributed by atoms with Gasteiger partial charge in [0.05, 0.1) is 17.6 Å². The normalized spacial score (nSPS) is 10.9. The van der Waals surface area contributed by atoms with Crippen LogP contribution in [0.5, 0.6) is 5.75 Å². The standard InChI is InChI=1S/C25H26N4O2/c1-18-6-12-21(13-7-18)31-17-16-29-23-5-3-2-4-22(23)28-24(29)14-15-27-25(30)19-8-10-20(26)11-9-19/h2-13H,14-17,26H2,1H3,(H,27,30). The van der Waals surface area contributed by atoms with Crippen molar-refractivity contribution in [2.45, 2.75) is 19.9 Å². The molecule has 0 spiro atoms. The lowest BCUT2D eigenvalue weighted by Crippen LogP contribution is -2.26. The molecule has 0 aliphatic carbocycles. The van der Waals surface area contributed by atoms with Crippen LogP contribution in [0.15, 0.2) is 72.8 Å². The Kier molecular flexibility index (Phi) is 6.17. The van der Waals surface area contributed by atoms with Gasteiger partial charge in [-0.3, -0.25) is 4.79 Å². The number of nitrogens with two attached hydrogens (primary N) is 1. The van der Waals surface area contributed by atoms with Gasteiger partial charge in [0.25, 0.3) is 5.91 Å². The van der Waals surface area contributed by atoms with E-state index in [0.717, 1.165) is 22.6 Å². The molecule has 31 heavy (non-hydrogen) atoms. The van der Waals surface area contributed by atoms with Crippen molar-refractivity contribution in [3.8, 4) is 5.75 Å². The van der Waals surface area contributed by atoms with Gasteiger partial charge in [0.1, 0.15) is 18.2 Å². The second-order valence-corrected chi connectivity index (χ2v) is 7.46. The van der Waals surface area contributed by atoms with Crippen LogP contribution < -0.4 is 15.8 Å². The number of carbonyl (C=O) groups excluding carboxylic acids is 1. The summed E-state index contributed by atoms with van der Waals surface area (Å²) >= 11 is 0. The molecule has 3 aromatic carbocycles. The molecule has 0 fully saturated rings. The third-order valence-corrected chi connectivity index (χ3v) is 5.15. The van der Waals surface area contributed by atoms with E-state index >= 15 is 0 Å². The van der Waals surface area contributed by atoms with E-state index in [0.29, 0.717) is 37.4 Å². The van der Waals surface area contributed by atoms with Crippen LogP contribution in [0.1, 0.15) is 21.7 Å². The maximum Gasteiger partial charge on any atom is 0.251 e. The number of para-hydroxylation sites is 2. The number of rotatable bonds is 8. The predicted molar refractivity (Wildman–Crippen MR) is 123 cm³/mol. The summed E-state index contributed by atoms with van der Waals surface area (Å²) in [5.74, 6) is 1.66. The number of fused-ring (bicyclic) bond motifs is 1. The first-order valence-electron chi connectivity index (χ1n) is 10.4. The van der Waals surface area contributed by atoms with Crippen molar-refractivity contribution < 1.29 is 9.53 Å². The summed E-state index contributed by atoms with van der Waals surface area (Å²) in [5.41, 5.74) is 10.1. The molecule has 3 N–H and O–H groups in total. The molecule has 0 bridgehead atoms. The lowest BCUT2D eigenvalue weighted by atomic mass is 10.2. The van der Waals surface area contributed by atoms with Gasteiger partial charge < -0.3 is 20.4 Å². The zero-order valence-electron chi connectivity index (χ0n) is 17.5. The molecular weight excluding hydrogens is 388 g/mol. The number of aromatic nitrogens is 2. The van der Waals surface area contributed by atoms with E-state index < -0.39 is 0 Å². The lowest BCUT2D eigenvalue weighted by Gasteiger charge is -2.11. The molecule has 0 unspecified atom stereocenters. The molecule has 0 radical (unpaired) electrons. The molecule has 0 aliphatic rings. The number of anilines is 1. The van der Waals surface area contributed by atoms with Crippen molar-refractivity contribution in [3.63, 3.8) is 0 Å². The maximum atomic E-state index is 12.4. The first kappa shape index (κ1) is 20.5. The molecule has 4 rings (SSSR count). The van der Waals surface area contributed by atoms with Gasteiger partial charge in [-0.05, 0) is 55.5 Å². The highest BCUT2D eigenvalue weighted by Gasteiger charge is 2.11. The molecule has 0 aliphatic heterocycles. The number of nitrogens with one attached hydrogen (secondary N) is 1. The van der Waals surface area contributed by atoms with E-state index in [1.165, 1.54) is 5.56 Å². The summed E-state index contributed by atoms with van der Waals surface area (Å²) in [5, 5.41) is 2.96. The number of amides is 1. The quantitative estimate of drug-likeness (QED) is 0.427. The highest BCUT2D eigenvalue weighted by atomic mass is 16.5. The Labute approximate surface area is 181 Å². The zero-order valence-corrected chi connectivity index (χ0v) is 17.5. The molecule has 1 heterocycles. The van der Waals surface area contributed by atoms with Gasteiger partial charge in [0.15, 0.2) is 0 Å². The number of imidazole rings is 1. The zero-order chi connectivity index (χ0) is 21.6. The molecule has 158 valence electrons. The number of nitrogens with zero attached hydrogens (tertiary/aromatic N) is 2. The van der Waals surface area contributed by atoms with Crippen LogP contribution >= 0.6 is 0 Å². The Morgan fingerprint density at radius 3 is 2.55 bits per heavy atom. The molecule has 0 saturated carbocycles. The summed E-state index contributed by atoms with van der Waals surface area (Å²) in [7, 11) is 0. The van der Waals surface area contributed by atoms with Gasteiger partial charge >= 0.3 is 0 Å². The average molecular weight is 415 g/mol. The number of nitrogen functional groups attached to an aromatic ring is 1. The van der Waals surface area contributed by atoms with Gasteiger partial charge in [0.2, 0.25) is 0 Å². The molecule has 6 nitrogen and oxygen atoms in total. The third kappa shape index (κ3) is 5.04. The molecule has 6 heteroatoms. The summed E-state index contributed by atoms with van der Waals surface area (Å²) in [6.07, 6.45) is 0.625. The van der Waals surface area contributed by atoms with E-state index in [9.17, 15) is 4.79 Å². The van der Waals surface area contributed by atoms with E-state index in [1.54, 1.807) is 24.3 Å². The number of aryl methyl sites for hydroxylation is 1. The molecule has 0 saturated heterocycles. The van der Waals surface area contributed by atoms with E-state index in [1.807, 2.05) is 42.5 Å². The van der Waals surface area contributed by atoms with Crippen LogP contribution in [-0.4, -0.2) is 28.6 Å². The second kappa shape index (κ2) is 9.34. The Morgan fingerprint density at radius 2 is 1.77 bits per heavy atom. The van der Waals surface area contributed by atoms with Crippen LogP contribution in [0.2, 0.25) is 0 Å². The van der Waals surface area contributed by atoms with Crippen LogP contribution in [0.3, 0.4) is 0 Å². The maximum absolute atomic E-state index is 12.4. The van der Waals surface area contributed by atoms with Crippen molar-refractivity contribution in [1.29, 1.82) is 0 Å². The molecular formula is C25H26N4O2. The van der Waals surface area contributed by atoms with Crippen molar-refractivity contribution in [3.05, 3.63) is 89.7 Å². The number of ether oxygens (including phenoxy) is 1. The van der Waals surface area contributed by atoms with Gasteiger partial charge in [-0.25, -0.2) is 4.98 Å². The lowest BCUT2D eigenvalue weighted by molar-refractivity contribution is 0.0954. The van der Waals surface area contributed by atoms with Crippen molar-refractivity contribution in [1.82, 2.24) is 14.9 Å². The summed E-state index contributed by atoms with van der Waals surface area (Å²) < 4.78 is 8.09. The number of benzene rings is 3. The summed E-state index contributed by atoms with van der Waals surface area (Å²) in [6, 6.07) is 23.0. The van der Waals surface area contributed by atoms with Gasteiger partial charge in [-0.1, -0.05) is 29.8 Å². The van der Waals surface area contributed by atoms with Crippen LogP contribution in [0, 0.1) is 6.92 Å². The number of hydrogen-bond acceptors (Lipinski definition) is 4. The highest BCUT2D eigenvalue weighted by molar-refractivity contribution is 5.94. The minimum atomic E-state index is -0.120. The minimum absolute atomic E-state index is 0.120. The Morgan fingerprint density at radius 1 is 1.03 bits per heavy atom. The largest absolute Gasteiger partial charge is 0.492 e.